The van der Waals surface area contributed by atoms with Crippen molar-refractivity contribution < 1.29 is 18.0 Å². The number of rotatable bonds is 2. The molecule has 0 aliphatic carbocycles. The summed E-state index contributed by atoms with van der Waals surface area (Å²) in [6, 6.07) is 5.89. The van der Waals surface area contributed by atoms with Gasteiger partial charge in [-0.15, -0.1) is 12.4 Å². The second kappa shape index (κ2) is 6.32. The third-order valence-electron chi connectivity index (χ3n) is 2.92. The van der Waals surface area contributed by atoms with Crippen LogP contribution in [0.1, 0.15) is 6.42 Å². The number of fused-ring (bicyclic) bond motifs is 1. The number of benzene rings is 1. The molecule has 2 rings (SSSR count). The maximum Gasteiger partial charge on any atom is 0.390 e. The minimum atomic E-state index is -4.23. The van der Waals surface area contributed by atoms with Crippen LogP contribution in [0, 0.1) is 0 Å². The van der Waals surface area contributed by atoms with Crippen LogP contribution >= 0.6 is 12.4 Å². The van der Waals surface area contributed by atoms with Crippen molar-refractivity contribution in [3.05, 3.63) is 24.3 Å². The van der Waals surface area contributed by atoms with Crippen LogP contribution in [0.15, 0.2) is 24.3 Å². The fraction of sp³-hybridized carbons (Fsp3) is 0.417. The molecule has 20 heavy (non-hydrogen) atoms. The number of hydrogen-bond donors (Lipinski definition) is 2. The lowest BCUT2D eigenvalue weighted by Gasteiger charge is -2.25. The Hall–Kier alpha value is -1.47. The summed E-state index contributed by atoms with van der Waals surface area (Å²) in [6.07, 6.45) is -5.18. The number of hydrogen-bond acceptors (Lipinski definition) is 3. The molecule has 0 radical (unpaired) electrons. The van der Waals surface area contributed by atoms with E-state index in [0.29, 0.717) is 11.4 Å². The Kier molecular flexibility index (Phi) is 5.24. The predicted molar refractivity (Wildman–Crippen MR) is 73.2 cm³/mol. The standard InChI is InChI=1S/C12H14F3N3O.ClH/c13-12(14,15)5-6-18-7-8(16)11(19)17-9-3-1-2-4-10(9)18;/h1-4,8H,5-7,16H2,(H,17,19);1H. The monoisotopic (exact) mass is 309 g/mol. The zero-order chi connectivity index (χ0) is 14.0. The number of alkyl halides is 3. The minimum absolute atomic E-state index is 0. The molecular weight excluding hydrogens is 295 g/mol. The summed E-state index contributed by atoms with van der Waals surface area (Å²) in [7, 11) is 0. The summed E-state index contributed by atoms with van der Waals surface area (Å²) in [4.78, 5) is 13.1. The molecule has 0 fully saturated rings. The molecule has 1 unspecified atom stereocenters. The summed E-state index contributed by atoms with van der Waals surface area (Å²) in [5.74, 6) is -0.387. The Morgan fingerprint density at radius 2 is 2.00 bits per heavy atom. The van der Waals surface area contributed by atoms with Crippen LogP contribution in [0.5, 0.6) is 0 Å². The molecule has 1 heterocycles. The Morgan fingerprint density at radius 3 is 2.65 bits per heavy atom. The highest BCUT2D eigenvalue weighted by molar-refractivity contribution is 5.99. The van der Waals surface area contributed by atoms with Gasteiger partial charge in [0, 0.05) is 13.1 Å². The van der Waals surface area contributed by atoms with Crippen molar-refractivity contribution in [1.29, 1.82) is 0 Å². The molecule has 4 nitrogen and oxygen atoms in total. The zero-order valence-electron chi connectivity index (χ0n) is 10.5. The van der Waals surface area contributed by atoms with Crippen molar-refractivity contribution in [2.45, 2.75) is 18.6 Å². The first-order valence-electron chi connectivity index (χ1n) is 5.84. The topological polar surface area (TPSA) is 58.4 Å². The number of nitrogens with zero attached hydrogens (tertiary/aromatic N) is 1. The van der Waals surface area contributed by atoms with Crippen molar-refractivity contribution in [3.8, 4) is 0 Å². The Morgan fingerprint density at radius 1 is 1.35 bits per heavy atom. The van der Waals surface area contributed by atoms with Gasteiger partial charge in [0.05, 0.1) is 17.8 Å². The number of nitrogens with one attached hydrogen (secondary N) is 1. The second-order valence-corrected chi connectivity index (χ2v) is 4.42. The van der Waals surface area contributed by atoms with Gasteiger partial charge < -0.3 is 16.0 Å². The third kappa shape index (κ3) is 4.01. The molecular formula is C12H15ClF3N3O. The van der Waals surface area contributed by atoms with E-state index in [9.17, 15) is 18.0 Å². The van der Waals surface area contributed by atoms with Gasteiger partial charge in [0.15, 0.2) is 0 Å². The Bertz CT molecular complexity index is 481. The smallest absolute Gasteiger partial charge is 0.367 e. The van der Waals surface area contributed by atoms with E-state index in [1.165, 1.54) is 4.90 Å². The van der Waals surface area contributed by atoms with Gasteiger partial charge in [0.1, 0.15) is 6.04 Å². The molecule has 0 spiro atoms. The van der Waals surface area contributed by atoms with Crippen LogP contribution < -0.4 is 16.0 Å². The minimum Gasteiger partial charge on any atom is -0.367 e. The molecule has 1 aromatic carbocycles. The number of amides is 1. The first kappa shape index (κ1) is 16.6. The average molecular weight is 310 g/mol. The normalized spacial score (nSPS) is 18.7. The number of anilines is 2. The van der Waals surface area contributed by atoms with Gasteiger partial charge in [-0.25, -0.2) is 0 Å². The van der Waals surface area contributed by atoms with E-state index in [4.69, 9.17) is 5.73 Å². The number of carbonyl (C=O) groups is 1. The highest BCUT2D eigenvalue weighted by atomic mass is 35.5. The van der Waals surface area contributed by atoms with Crippen LogP contribution in [0.4, 0.5) is 24.5 Å². The highest BCUT2D eigenvalue weighted by Crippen LogP contribution is 2.30. The summed E-state index contributed by atoms with van der Waals surface area (Å²) in [5, 5.41) is 2.61. The van der Waals surface area contributed by atoms with Crippen molar-refractivity contribution in [2.24, 2.45) is 5.73 Å². The molecule has 1 aliphatic heterocycles. The van der Waals surface area contributed by atoms with E-state index in [1.54, 1.807) is 24.3 Å². The SMILES string of the molecule is Cl.NC1CN(CCC(F)(F)F)c2ccccc2NC1=O. The number of halogens is 4. The van der Waals surface area contributed by atoms with Gasteiger partial charge in [0.25, 0.3) is 0 Å². The fourth-order valence-corrected chi connectivity index (χ4v) is 1.97. The van der Waals surface area contributed by atoms with Crippen LogP contribution in [0.25, 0.3) is 0 Å². The summed E-state index contributed by atoms with van der Waals surface area (Å²) >= 11 is 0. The summed E-state index contributed by atoms with van der Waals surface area (Å²) in [6.45, 7) is -0.151. The first-order valence-corrected chi connectivity index (χ1v) is 5.84. The van der Waals surface area contributed by atoms with E-state index in [2.05, 4.69) is 5.32 Å². The van der Waals surface area contributed by atoms with E-state index < -0.39 is 18.6 Å². The molecule has 1 aromatic rings. The largest absolute Gasteiger partial charge is 0.390 e. The first-order chi connectivity index (χ1) is 8.87. The predicted octanol–water partition coefficient (Wildman–Crippen LogP) is 2.15. The van der Waals surface area contributed by atoms with Crippen LogP contribution in [-0.2, 0) is 4.79 Å². The number of nitrogens with two attached hydrogens (primary N) is 1. The average Bonchev–Trinajstić information content (AvgIpc) is 2.44. The second-order valence-electron chi connectivity index (χ2n) is 4.42. The fourth-order valence-electron chi connectivity index (χ4n) is 1.97. The number of carbonyl (C=O) groups excluding carboxylic acids is 1. The van der Waals surface area contributed by atoms with Crippen LogP contribution in [0.2, 0.25) is 0 Å². The van der Waals surface area contributed by atoms with Crippen LogP contribution in [-0.4, -0.2) is 31.2 Å². The van der Waals surface area contributed by atoms with Crippen molar-refractivity contribution >= 4 is 29.7 Å². The van der Waals surface area contributed by atoms with Crippen LogP contribution in [0.3, 0.4) is 0 Å². The molecule has 112 valence electrons. The molecule has 8 heteroatoms. The molecule has 1 amide bonds. The van der Waals surface area contributed by atoms with Crippen molar-refractivity contribution in [1.82, 2.24) is 0 Å². The lowest BCUT2D eigenvalue weighted by Crippen LogP contribution is -2.43. The molecule has 0 saturated heterocycles. The van der Waals surface area contributed by atoms with Crippen molar-refractivity contribution in [2.75, 3.05) is 23.3 Å². The van der Waals surface area contributed by atoms with Gasteiger partial charge >= 0.3 is 6.18 Å². The summed E-state index contributed by atoms with van der Waals surface area (Å²) < 4.78 is 37.0. The van der Waals surface area contributed by atoms with Gasteiger partial charge in [-0.1, -0.05) is 12.1 Å². The third-order valence-corrected chi connectivity index (χ3v) is 2.92. The molecule has 1 aliphatic rings. The Labute approximate surface area is 120 Å². The van der Waals surface area contributed by atoms with E-state index in [0.717, 1.165) is 0 Å². The molecule has 1 atom stereocenters. The van der Waals surface area contributed by atoms with Crippen molar-refractivity contribution in [3.63, 3.8) is 0 Å². The molecule has 3 N–H and O–H groups in total. The van der Waals surface area contributed by atoms with Gasteiger partial charge in [0.2, 0.25) is 5.91 Å². The highest BCUT2D eigenvalue weighted by Gasteiger charge is 2.31. The lowest BCUT2D eigenvalue weighted by atomic mass is 10.2. The van der Waals surface area contributed by atoms with Gasteiger partial charge in [-0.05, 0) is 12.1 Å². The van der Waals surface area contributed by atoms with E-state index in [1.807, 2.05) is 0 Å². The quantitative estimate of drug-likeness (QED) is 0.880. The maximum atomic E-state index is 12.3. The maximum absolute atomic E-state index is 12.3. The zero-order valence-corrected chi connectivity index (χ0v) is 11.3. The van der Waals surface area contributed by atoms with E-state index >= 15 is 0 Å². The van der Waals surface area contributed by atoms with Gasteiger partial charge in [-0.2, -0.15) is 13.2 Å². The molecule has 0 saturated carbocycles. The van der Waals surface area contributed by atoms with Gasteiger partial charge in [-0.3, -0.25) is 4.79 Å². The Balaban J connectivity index is 0.00000200. The van der Waals surface area contributed by atoms with E-state index in [-0.39, 0.29) is 31.4 Å². The lowest BCUT2D eigenvalue weighted by molar-refractivity contribution is -0.132. The molecule has 0 bridgehead atoms. The molecule has 0 aromatic heterocycles. The summed E-state index contributed by atoms with van der Waals surface area (Å²) in [5.41, 5.74) is 6.70. The number of para-hydroxylation sites is 2.